The third kappa shape index (κ3) is 2.72. The van der Waals surface area contributed by atoms with Crippen molar-refractivity contribution in [2.45, 2.75) is 44.3 Å². The Labute approximate surface area is 160 Å². The minimum absolute atomic E-state index is 0.144. The maximum absolute atomic E-state index is 13.0. The molecule has 2 aromatic rings. The van der Waals surface area contributed by atoms with Crippen molar-refractivity contribution < 1.29 is 14.3 Å². The van der Waals surface area contributed by atoms with E-state index in [0.29, 0.717) is 12.2 Å². The summed E-state index contributed by atoms with van der Waals surface area (Å²) in [6, 6.07) is 19.9. The summed E-state index contributed by atoms with van der Waals surface area (Å²) in [4.78, 5) is 13.0. The highest BCUT2D eigenvalue weighted by Gasteiger charge is 2.59. The minimum Gasteiger partial charge on any atom is -0.425 e. The summed E-state index contributed by atoms with van der Waals surface area (Å²) in [5, 5.41) is 0. The standard InChI is InChI=1S/C24H24O3/c25-22-20(18-10-4-1-5-11-18)21(19-12-6-2-7-13-19)24(27-22)16-23(17-26-24)14-8-3-9-15-23/h1-2,4-7,10-13H,3,8-9,14-17H2. The highest BCUT2D eigenvalue weighted by atomic mass is 16.7. The van der Waals surface area contributed by atoms with E-state index in [2.05, 4.69) is 12.1 Å². The lowest BCUT2D eigenvalue weighted by Gasteiger charge is -2.33. The van der Waals surface area contributed by atoms with Gasteiger partial charge in [0, 0.05) is 17.4 Å². The Morgan fingerprint density at radius 3 is 2.07 bits per heavy atom. The van der Waals surface area contributed by atoms with Gasteiger partial charge in [0.05, 0.1) is 12.2 Å². The van der Waals surface area contributed by atoms with Crippen molar-refractivity contribution in [1.82, 2.24) is 0 Å². The van der Waals surface area contributed by atoms with Crippen molar-refractivity contribution in [2.75, 3.05) is 6.61 Å². The molecule has 2 heterocycles. The molecule has 1 saturated heterocycles. The molecule has 3 heteroatoms. The Morgan fingerprint density at radius 1 is 0.778 bits per heavy atom. The zero-order chi connectivity index (χ0) is 18.3. The zero-order valence-electron chi connectivity index (χ0n) is 15.4. The van der Waals surface area contributed by atoms with E-state index in [-0.39, 0.29) is 11.4 Å². The van der Waals surface area contributed by atoms with Crippen LogP contribution in [0.25, 0.3) is 11.1 Å². The molecule has 0 N–H and O–H groups in total. The van der Waals surface area contributed by atoms with Crippen LogP contribution in [0, 0.1) is 5.41 Å². The molecular formula is C24H24O3. The molecule has 2 aromatic carbocycles. The molecule has 2 fully saturated rings. The van der Waals surface area contributed by atoms with E-state index >= 15 is 0 Å². The Kier molecular flexibility index (Phi) is 3.94. The number of ether oxygens (including phenoxy) is 2. The van der Waals surface area contributed by atoms with Crippen LogP contribution >= 0.6 is 0 Å². The highest BCUT2D eigenvalue weighted by molar-refractivity contribution is 6.28. The first-order valence-corrected chi connectivity index (χ1v) is 9.94. The van der Waals surface area contributed by atoms with Crippen molar-refractivity contribution in [3.8, 4) is 0 Å². The average Bonchev–Trinajstić information content (AvgIpc) is 3.20. The third-order valence-corrected chi connectivity index (χ3v) is 6.35. The molecule has 138 valence electrons. The summed E-state index contributed by atoms with van der Waals surface area (Å²) in [6.45, 7) is 0.679. The van der Waals surface area contributed by atoms with Gasteiger partial charge in [0.15, 0.2) is 0 Å². The molecule has 3 aliphatic rings. The average molecular weight is 360 g/mol. The predicted molar refractivity (Wildman–Crippen MR) is 105 cm³/mol. The SMILES string of the molecule is O=C1OC2(CC3(CCCCC3)CO2)C(c2ccccc2)=C1c1ccccc1. The Hall–Kier alpha value is -2.39. The van der Waals surface area contributed by atoms with E-state index in [9.17, 15) is 4.79 Å². The molecule has 2 aliphatic heterocycles. The number of carbonyl (C=O) groups is 1. The number of benzene rings is 2. The van der Waals surface area contributed by atoms with E-state index in [1.807, 2.05) is 48.5 Å². The normalized spacial score (nSPS) is 26.7. The lowest BCUT2D eigenvalue weighted by Crippen LogP contribution is -2.32. The van der Waals surface area contributed by atoms with Crippen LogP contribution in [-0.2, 0) is 14.3 Å². The fourth-order valence-electron chi connectivity index (χ4n) is 5.09. The lowest BCUT2D eigenvalue weighted by atomic mass is 9.71. The molecule has 0 aromatic heterocycles. The van der Waals surface area contributed by atoms with Crippen LogP contribution < -0.4 is 0 Å². The molecule has 1 unspecified atom stereocenters. The van der Waals surface area contributed by atoms with Gasteiger partial charge in [0.1, 0.15) is 0 Å². The molecule has 3 nitrogen and oxygen atoms in total. The van der Waals surface area contributed by atoms with Crippen molar-refractivity contribution in [3.05, 3.63) is 71.8 Å². The third-order valence-electron chi connectivity index (χ3n) is 6.35. The van der Waals surface area contributed by atoms with Crippen LogP contribution in [0.2, 0.25) is 0 Å². The number of rotatable bonds is 2. The predicted octanol–water partition coefficient (Wildman–Crippen LogP) is 5.22. The largest absolute Gasteiger partial charge is 0.425 e. The summed E-state index contributed by atoms with van der Waals surface area (Å²) in [7, 11) is 0. The van der Waals surface area contributed by atoms with Gasteiger partial charge in [-0.15, -0.1) is 0 Å². The topological polar surface area (TPSA) is 35.5 Å². The van der Waals surface area contributed by atoms with E-state index in [4.69, 9.17) is 9.47 Å². The zero-order valence-corrected chi connectivity index (χ0v) is 15.4. The Balaban J connectivity index is 1.66. The van der Waals surface area contributed by atoms with Crippen molar-refractivity contribution >= 4 is 17.1 Å². The summed E-state index contributed by atoms with van der Waals surface area (Å²) in [5.41, 5.74) is 3.60. The van der Waals surface area contributed by atoms with E-state index in [1.165, 1.54) is 19.3 Å². The van der Waals surface area contributed by atoms with Gasteiger partial charge in [0.25, 0.3) is 0 Å². The first kappa shape index (κ1) is 16.8. The van der Waals surface area contributed by atoms with Gasteiger partial charge in [-0.25, -0.2) is 4.79 Å². The van der Waals surface area contributed by atoms with Crippen LogP contribution in [0.4, 0.5) is 0 Å². The first-order chi connectivity index (χ1) is 13.2. The molecule has 27 heavy (non-hydrogen) atoms. The quantitative estimate of drug-likeness (QED) is 0.689. The van der Waals surface area contributed by atoms with Gasteiger partial charge in [0.2, 0.25) is 5.79 Å². The molecule has 5 rings (SSSR count). The second kappa shape index (κ2) is 6.35. The van der Waals surface area contributed by atoms with Gasteiger partial charge in [-0.1, -0.05) is 79.9 Å². The molecule has 0 amide bonds. The first-order valence-electron chi connectivity index (χ1n) is 9.94. The fraction of sp³-hybridized carbons (Fsp3) is 0.375. The van der Waals surface area contributed by atoms with Gasteiger partial charge in [-0.3, -0.25) is 0 Å². The van der Waals surface area contributed by atoms with E-state index in [1.54, 1.807) is 0 Å². The molecule has 2 spiro atoms. The minimum atomic E-state index is -0.944. The lowest BCUT2D eigenvalue weighted by molar-refractivity contribution is -0.178. The summed E-state index contributed by atoms with van der Waals surface area (Å²) < 4.78 is 12.4. The number of hydrogen-bond donors (Lipinski definition) is 0. The van der Waals surface area contributed by atoms with Crippen molar-refractivity contribution in [3.63, 3.8) is 0 Å². The monoisotopic (exact) mass is 360 g/mol. The highest BCUT2D eigenvalue weighted by Crippen LogP contribution is 2.57. The summed E-state index contributed by atoms with van der Waals surface area (Å²) in [6.07, 6.45) is 6.87. The van der Waals surface area contributed by atoms with Crippen LogP contribution in [0.5, 0.6) is 0 Å². The number of esters is 1. The van der Waals surface area contributed by atoms with Gasteiger partial charge in [-0.05, 0) is 24.0 Å². The summed E-state index contributed by atoms with van der Waals surface area (Å²) >= 11 is 0. The Bertz CT molecular complexity index is 878. The molecular weight excluding hydrogens is 336 g/mol. The smallest absolute Gasteiger partial charge is 0.342 e. The maximum Gasteiger partial charge on any atom is 0.342 e. The maximum atomic E-state index is 13.0. The second-order valence-electron chi connectivity index (χ2n) is 8.15. The van der Waals surface area contributed by atoms with Gasteiger partial charge < -0.3 is 9.47 Å². The summed E-state index contributed by atoms with van der Waals surface area (Å²) in [5.74, 6) is -1.21. The van der Waals surface area contributed by atoms with Crippen molar-refractivity contribution in [1.29, 1.82) is 0 Å². The molecule has 0 radical (unpaired) electrons. The number of carbonyl (C=O) groups excluding carboxylic acids is 1. The number of hydrogen-bond acceptors (Lipinski definition) is 3. The molecule has 1 saturated carbocycles. The molecule has 1 atom stereocenters. The van der Waals surface area contributed by atoms with Crippen LogP contribution in [0.1, 0.15) is 49.7 Å². The van der Waals surface area contributed by atoms with E-state index < -0.39 is 5.79 Å². The van der Waals surface area contributed by atoms with Gasteiger partial charge in [-0.2, -0.15) is 0 Å². The van der Waals surface area contributed by atoms with Gasteiger partial charge >= 0.3 is 5.97 Å². The van der Waals surface area contributed by atoms with Crippen LogP contribution in [0.15, 0.2) is 60.7 Å². The molecule has 0 bridgehead atoms. The molecule has 1 aliphatic carbocycles. The Morgan fingerprint density at radius 2 is 1.41 bits per heavy atom. The van der Waals surface area contributed by atoms with E-state index in [0.717, 1.165) is 36.0 Å². The van der Waals surface area contributed by atoms with Crippen LogP contribution in [-0.4, -0.2) is 18.4 Å². The van der Waals surface area contributed by atoms with Crippen molar-refractivity contribution in [2.24, 2.45) is 5.41 Å². The van der Waals surface area contributed by atoms with Crippen LogP contribution in [0.3, 0.4) is 0 Å². The fourth-order valence-corrected chi connectivity index (χ4v) is 5.09. The second-order valence-corrected chi connectivity index (χ2v) is 8.15.